The number of primary amides is 1. The number of carbonyl (C=O) groups is 1. The van der Waals surface area contributed by atoms with Crippen LogP contribution in [0.1, 0.15) is 120 Å². The fourth-order valence-corrected chi connectivity index (χ4v) is 3.69. The van der Waals surface area contributed by atoms with Crippen molar-refractivity contribution in [2.75, 3.05) is 12.3 Å². The summed E-state index contributed by atoms with van der Waals surface area (Å²) in [7, 11) is 0. The molecule has 0 spiro atoms. The van der Waals surface area contributed by atoms with E-state index in [1.165, 1.54) is 96.3 Å². The lowest BCUT2D eigenvalue weighted by atomic mass is 10.0. The highest BCUT2D eigenvalue weighted by Crippen LogP contribution is 2.19. The summed E-state index contributed by atoms with van der Waals surface area (Å²) in [5.74, 6) is 0.143. The van der Waals surface area contributed by atoms with Crippen molar-refractivity contribution in [3.05, 3.63) is 23.8 Å². The topological polar surface area (TPSA) is 78.3 Å². The van der Waals surface area contributed by atoms with Crippen LogP contribution in [-0.4, -0.2) is 12.5 Å². The molecule has 0 aromatic heterocycles. The Bertz CT molecular complexity index is 546. The van der Waals surface area contributed by atoms with Crippen LogP contribution >= 0.6 is 0 Å². The Hall–Kier alpha value is -1.71. The quantitative estimate of drug-likeness (QED) is 0.192. The number of rotatable bonds is 19. The summed E-state index contributed by atoms with van der Waals surface area (Å²) in [6, 6.07) is 4.97. The summed E-state index contributed by atoms with van der Waals surface area (Å²) in [5, 5.41) is 0. The third-order valence-corrected chi connectivity index (χ3v) is 5.48. The average Bonchev–Trinajstić information content (AvgIpc) is 2.70. The number of ether oxygens (including phenoxy) is 1. The molecule has 29 heavy (non-hydrogen) atoms. The van der Waals surface area contributed by atoms with Gasteiger partial charge in [-0.25, -0.2) is 0 Å². The van der Waals surface area contributed by atoms with Crippen LogP contribution in [0.2, 0.25) is 0 Å². The van der Waals surface area contributed by atoms with Gasteiger partial charge in [0.2, 0.25) is 5.91 Å². The molecule has 0 radical (unpaired) electrons. The predicted octanol–water partition coefficient (Wildman–Crippen LogP) is 7.01. The molecule has 4 heteroatoms. The average molecular weight is 405 g/mol. The molecular formula is C25H44N2O2. The van der Waals surface area contributed by atoms with Crippen molar-refractivity contribution >= 4 is 11.6 Å². The van der Waals surface area contributed by atoms with Gasteiger partial charge in [-0.15, -0.1) is 0 Å². The molecule has 0 heterocycles. The van der Waals surface area contributed by atoms with E-state index in [4.69, 9.17) is 16.2 Å². The van der Waals surface area contributed by atoms with Gasteiger partial charge in [0.05, 0.1) is 6.61 Å². The van der Waals surface area contributed by atoms with Gasteiger partial charge < -0.3 is 16.2 Å². The Morgan fingerprint density at radius 3 is 1.62 bits per heavy atom. The molecule has 1 rings (SSSR count). The molecule has 0 bridgehead atoms. The van der Waals surface area contributed by atoms with Gasteiger partial charge in [-0.3, -0.25) is 4.79 Å². The van der Waals surface area contributed by atoms with E-state index in [1.54, 1.807) is 18.2 Å². The monoisotopic (exact) mass is 404 g/mol. The maximum atomic E-state index is 11.2. The minimum absolute atomic E-state index is 0.395. The lowest BCUT2D eigenvalue weighted by molar-refractivity contribution is 0.1000. The molecule has 0 saturated carbocycles. The van der Waals surface area contributed by atoms with Crippen molar-refractivity contribution in [3.8, 4) is 5.75 Å². The van der Waals surface area contributed by atoms with Crippen LogP contribution < -0.4 is 16.2 Å². The number of carbonyl (C=O) groups excluding carboxylic acids is 1. The standard InChI is InChI=1S/C25H44N2O2/c1-2-3-4-5-6-7-8-9-10-11-12-13-14-15-16-17-18-29-24-20-22(25(27)28)19-23(26)21-24/h19-21H,2-18,26H2,1H3,(H2,27,28). The number of hydrogen-bond donors (Lipinski definition) is 2. The highest BCUT2D eigenvalue weighted by molar-refractivity contribution is 5.94. The predicted molar refractivity (Wildman–Crippen MR) is 124 cm³/mol. The van der Waals surface area contributed by atoms with Crippen LogP contribution in [0.4, 0.5) is 5.69 Å². The molecule has 0 atom stereocenters. The van der Waals surface area contributed by atoms with Crippen LogP contribution in [0, 0.1) is 0 Å². The third-order valence-electron chi connectivity index (χ3n) is 5.48. The van der Waals surface area contributed by atoms with Gasteiger partial charge in [-0.05, 0) is 18.6 Å². The van der Waals surface area contributed by atoms with Gasteiger partial charge in [-0.1, -0.05) is 103 Å². The van der Waals surface area contributed by atoms with E-state index in [0.29, 0.717) is 23.6 Å². The highest BCUT2D eigenvalue weighted by atomic mass is 16.5. The molecule has 166 valence electrons. The second-order valence-electron chi connectivity index (χ2n) is 8.31. The molecule has 0 aliphatic rings. The summed E-state index contributed by atoms with van der Waals surface area (Å²) >= 11 is 0. The van der Waals surface area contributed by atoms with Crippen LogP contribution in [0.5, 0.6) is 5.75 Å². The molecule has 0 unspecified atom stereocenters. The van der Waals surface area contributed by atoms with Gasteiger partial charge in [0, 0.05) is 17.3 Å². The number of anilines is 1. The molecule has 4 nitrogen and oxygen atoms in total. The fraction of sp³-hybridized carbons (Fsp3) is 0.720. The maximum absolute atomic E-state index is 11.2. The lowest BCUT2D eigenvalue weighted by Crippen LogP contribution is -2.11. The normalized spacial score (nSPS) is 10.9. The molecule has 0 aliphatic carbocycles. The first-order valence-corrected chi connectivity index (χ1v) is 12.0. The fourth-order valence-electron chi connectivity index (χ4n) is 3.69. The molecule has 1 aromatic rings. The molecular weight excluding hydrogens is 360 g/mol. The minimum Gasteiger partial charge on any atom is -0.493 e. The van der Waals surface area contributed by atoms with Crippen LogP contribution in [0.15, 0.2) is 18.2 Å². The Balaban J connectivity index is 1.87. The second-order valence-corrected chi connectivity index (χ2v) is 8.31. The zero-order valence-electron chi connectivity index (χ0n) is 18.7. The smallest absolute Gasteiger partial charge is 0.248 e. The summed E-state index contributed by atoms with van der Waals surface area (Å²) in [6.45, 7) is 2.93. The number of amides is 1. The zero-order chi connectivity index (χ0) is 21.2. The van der Waals surface area contributed by atoms with Gasteiger partial charge >= 0.3 is 0 Å². The van der Waals surface area contributed by atoms with E-state index in [-0.39, 0.29) is 0 Å². The van der Waals surface area contributed by atoms with Gasteiger partial charge in [0.1, 0.15) is 5.75 Å². The zero-order valence-corrected chi connectivity index (χ0v) is 18.7. The van der Waals surface area contributed by atoms with Crippen LogP contribution in [0.3, 0.4) is 0 Å². The van der Waals surface area contributed by atoms with Crippen LogP contribution in [0.25, 0.3) is 0 Å². The number of nitrogen functional groups attached to an aromatic ring is 1. The SMILES string of the molecule is CCCCCCCCCCCCCCCCCCOc1cc(N)cc(C(N)=O)c1. The van der Waals surface area contributed by atoms with E-state index in [0.717, 1.165) is 6.42 Å². The van der Waals surface area contributed by atoms with Crippen molar-refractivity contribution in [1.29, 1.82) is 0 Å². The first-order valence-electron chi connectivity index (χ1n) is 12.0. The van der Waals surface area contributed by atoms with Crippen LogP contribution in [-0.2, 0) is 0 Å². The summed E-state index contributed by atoms with van der Waals surface area (Å²) in [6.07, 6.45) is 21.7. The van der Waals surface area contributed by atoms with Gasteiger partial charge in [-0.2, -0.15) is 0 Å². The first kappa shape index (κ1) is 25.3. The van der Waals surface area contributed by atoms with Gasteiger partial charge in [0.25, 0.3) is 0 Å². The Kier molecular flexibility index (Phi) is 15.0. The van der Waals surface area contributed by atoms with Crippen molar-refractivity contribution in [3.63, 3.8) is 0 Å². The van der Waals surface area contributed by atoms with Crippen molar-refractivity contribution in [1.82, 2.24) is 0 Å². The van der Waals surface area contributed by atoms with Crippen molar-refractivity contribution < 1.29 is 9.53 Å². The number of benzene rings is 1. The molecule has 0 saturated heterocycles. The third kappa shape index (κ3) is 14.0. The number of nitrogens with two attached hydrogens (primary N) is 2. The lowest BCUT2D eigenvalue weighted by Gasteiger charge is -2.08. The Morgan fingerprint density at radius 1 is 0.724 bits per heavy atom. The second kappa shape index (κ2) is 17.2. The number of hydrogen-bond acceptors (Lipinski definition) is 3. The van der Waals surface area contributed by atoms with E-state index in [9.17, 15) is 4.79 Å². The van der Waals surface area contributed by atoms with E-state index >= 15 is 0 Å². The maximum Gasteiger partial charge on any atom is 0.248 e. The molecule has 4 N–H and O–H groups in total. The molecule has 0 fully saturated rings. The summed E-state index contributed by atoms with van der Waals surface area (Å²) in [5.41, 5.74) is 12.0. The Morgan fingerprint density at radius 2 is 1.17 bits per heavy atom. The van der Waals surface area contributed by atoms with E-state index in [2.05, 4.69) is 6.92 Å². The first-order chi connectivity index (χ1) is 14.1. The van der Waals surface area contributed by atoms with E-state index in [1.807, 2.05) is 0 Å². The Labute approximate surface area is 178 Å². The molecule has 0 aliphatic heterocycles. The summed E-state index contributed by atoms with van der Waals surface area (Å²) < 4.78 is 5.71. The minimum atomic E-state index is -0.482. The van der Waals surface area contributed by atoms with Gasteiger partial charge in [0.15, 0.2) is 0 Å². The van der Waals surface area contributed by atoms with E-state index < -0.39 is 5.91 Å². The summed E-state index contributed by atoms with van der Waals surface area (Å²) in [4.78, 5) is 11.2. The molecule has 1 aromatic carbocycles. The van der Waals surface area contributed by atoms with Crippen molar-refractivity contribution in [2.45, 2.75) is 110 Å². The van der Waals surface area contributed by atoms with Crippen molar-refractivity contribution in [2.24, 2.45) is 5.73 Å². The molecule has 1 amide bonds. The highest BCUT2D eigenvalue weighted by Gasteiger charge is 2.05. The number of unbranched alkanes of at least 4 members (excludes halogenated alkanes) is 15. The largest absolute Gasteiger partial charge is 0.493 e.